The van der Waals surface area contributed by atoms with E-state index in [1.165, 1.54) is 11.1 Å². The number of halogens is 2. The Labute approximate surface area is 223 Å². The number of hydrogen-bond acceptors (Lipinski definition) is 5. The maximum atomic E-state index is 13.9. The van der Waals surface area contributed by atoms with Gasteiger partial charge in [0.1, 0.15) is 11.4 Å². The van der Waals surface area contributed by atoms with Crippen LogP contribution in [0.1, 0.15) is 29.7 Å². The summed E-state index contributed by atoms with van der Waals surface area (Å²) in [4.78, 5) is 19.7. The van der Waals surface area contributed by atoms with Gasteiger partial charge in [0.2, 0.25) is 5.91 Å². The summed E-state index contributed by atoms with van der Waals surface area (Å²) in [5.41, 5.74) is -4.82. The summed E-state index contributed by atoms with van der Waals surface area (Å²) in [5, 5.41) is 25.7. The summed E-state index contributed by atoms with van der Waals surface area (Å²) in [5.74, 6) is 3.37. The van der Waals surface area contributed by atoms with E-state index in [0.29, 0.717) is 16.1 Å². The molecule has 1 saturated carbocycles. The van der Waals surface area contributed by atoms with E-state index in [1.54, 1.807) is 39.2 Å². The number of nitrogens with zero attached hydrogens (tertiary/aromatic N) is 2. The molecule has 5 atom stereocenters. The number of ether oxygens (including phenoxy) is 1. The van der Waals surface area contributed by atoms with Gasteiger partial charge in [0.05, 0.1) is 10.9 Å². The van der Waals surface area contributed by atoms with Gasteiger partial charge in [-0.05, 0) is 30.2 Å². The van der Waals surface area contributed by atoms with Crippen LogP contribution in [0.25, 0.3) is 0 Å². The molecular weight excluding hydrogens is 544 g/mol. The van der Waals surface area contributed by atoms with E-state index in [9.17, 15) is 15.0 Å². The highest BCUT2D eigenvalue weighted by Gasteiger charge is 2.84. The van der Waals surface area contributed by atoms with Gasteiger partial charge in [0.25, 0.3) is 0 Å². The number of carbonyl (C=O) groups excluding carboxylic acids is 1. The van der Waals surface area contributed by atoms with Crippen LogP contribution in [0.5, 0.6) is 5.75 Å². The first-order chi connectivity index (χ1) is 17.1. The predicted octanol–water partition coefficient (Wildman–Crippen LogP) is 4.23. The van der Waals surface area contributed by atoms with Gasteiger partial charge in [0.15, 0.2) is 16.8 Å². The molecule has 0 radical (unpaired) electrons. The molecule has 8 heteroatoms. The van der Waals surface area contributed by atoms with Gasteiger partial charge in [-0.1, -0.05) is 75.9 Å². The second-order valence-corrected chi connectivity index (χ2v) is 10.6. The normalized spacial score (nSPS) is 30.0. The van der Waals surface area contributed by atoms with Crippen LogP contribution in [-0.4, -0.2) is 45.7 Å². The zero-order chi connectivity index (χ0) is 25.9. The Morgan fingerprint density at radius 1 is 1.14 bits per heavy atom. The average Bonchev–Trinajstić information content (AvgIpc) is 3.21. The number of hydrogen-bond donors (Lipinski definition) is 2. The van der Waals surface area contributed by atoms with Crippen molar-refractivity contribution < 1.29 is 19.7 Å². The van der Waals surface area contributed by atoms with Gasteiger partial charge in [-0.25, -0.2) is 0 Å². The van der Waals surface area contributed by atoms with Gasteiger partial charge in [0, 0.05) is 36.7 Å². The van der Waals surface area contributed by atoms with Crippen molar-refractivity contribution in [1.82, 2.24) is 9.88 Å². The second-order valence-electron chi connectivity index (χ2n) is 9.30. The van der Waals surface area contributed by atoms with E-state index in [4.69, 9.17) is 16.3 Å². The molecule has 0 bridgehead atoms. The lowest BCUT2D eigenvalue weighted by Crippen LogP contribution is -2.59. The molecule has 1 aliphatic carbocycles. The highest BCUT2D eigenvalue weighted by Crippen LogP contribution is 2.71. The number of carbonyl (C=O) groups is 1. The van der Waals surface area contributed by atoms with Gasteiger partial charge in [-0.15, -0.1) is 5.92 Å². The van der Waals surface area contributed by atoms with E-state index in [0.717, 1.165) is 4.47 Å². The molecule has 1 fully saturated rings. The van der Waals surface area contributed by atoms with Crippen molar-refractivity contribution in [2.45, 2.75) is 29.6 Å². The Hall–Kier alpha value is -2.89. The summed E-state index contributed by atoms with van der Waals surface area (Å²) >= 11 is 9.73. The molecule has 5 unspecified atom stereocenters. The average molecular weight is 568 g/mol. The van der Waals surface area contributed by atoms with E-state index < -0.39 is 34.5 Å². The van der Waals surface area contributed by atoms with Gasteiger partial charge >= 0.3 is 0 Å². The van der Waals surface area contributed by atoms with Crippen molar-refractivity contribution in [1.29, 1.82) is 0 Å². The van der Waals surface area contributed by atoms with Gasteiger partial charge < -0.3 is 19.8 Å². The Bertz CT molecular complexity index is 1400. The van der Waals surface area contributed by atoms with Gasteiger partial charge in [-0.3, -0.25) is 9.78 Å². The lowest BCUT2D eigenvalue weighted by atomic mass is 9.70. The summed E-state index contributed by atoms with van der Waals surface area (Å²) in [7, 11) is 3.23. The van der Waals surface area contributed by atoms with Crippen LogP contribution in [0.4, 0.5) is 0 Å². The minimum absolute atomic E-state index is 0.0788. The highest BCUT2D eigenvalue weighted by atomic mass is 79.9. The second kappa shape index (κ2) is 8.60. The van der Waals surface area contributed by atoms with Crippen LogP contribution >= 0.6 is 27.5 Å². The number of aromatic nitrogens is 1. The lowest BCUT2D eigenvalue weighted by Gasteiger charge is -2.41. The quantitative estimate of drug-likeness (QED) is 0.463. The first-order valence-corrected chi connectivity index (χ1v) is 12.5. The van der Waals surface area contributed by atoms with Crippen molar-refractivity contribution in [3.8, 4) is 17.6 Å². The van der Waals surface area contributed by atoms with Crippen molar-refractivity contribution in [3.63, 3.8) is 0 Å². The largest absolute Gasteiger partial charge is 0.476 e. The number of aliphatic hydroxyl groups is 2. The van der Waals surface area contributed by atoms with E-state index in [1.807, 2.05) is 42.5 Å². The molecule has 2 aliphatic rings. The van der Waals surface area contributed by atoms with Crippen molar-refractivity contribution in [2.24, 2.45) is 5.92 Å². The minimum atomic E-state index is -2.26. The predicted molar refractivity (Wildman–Crippen MR) is 139 cm³/mol. The van der Waals surface area contributed by atoms with Crippen molar-refractivity contribution >= 4 is 33.4 Å². The monoisotopic (exact) mass is 566 g/mol. The number of rotatable bonds is 3. The summed E-state index contributed by atoms with van der Waals surface area (Å²) in [6, 6.07) is 18.1. The molecule has 1 aliphatic heterocycles. The zero-order valence-corrected chi connectivity index (χ0v) is 22.2. The van der Waals surface area contributed by atoms with Crippen LogP contribution in [0.2, 0.25) is 5.02 Å². The van der Waals surface area contributed by atoms with Crippen LogP contribution in [0.3, 0.4) is 0 Å². The Kier molecular flexibility index (Phi) is 5.92. The number of benzene rings is 2. The van der Waals surface area contributed by atoms with Crippen LogP contribution in [0, 0.1) is 17.8 Å². The van der Waals surface area contributed by atoms with E-state index in [2.05, 4.69) is 32.8 Å². The third-order valence-corrected chi connectivity index (χ3v) is 7.93. The van der Waals surface area contributed by atoms with Gasteiger partial charge in [-0.2, -0.15) is 0 Å². The Balaban J connectivity index is 1.97. The third-order valence-electron chi connectivity index (χ3n) is 7.20. The molecule has 1 amide bonds. The molecule has 36 heavy (non-hydrogen) atoms. The van der Waals surface area contributed by atoms with E-state index >= 15 is 0 Å². The molecule has 184 valence electrons. The molecule has 0 spiro atoms. The standard InChI is InChI=1S/C28H24BrClN2O4/c1-4-14-26(34)23(25(33)32(2)3)22(17-8-6-5-7-9-17)27(18-10-12-19(29)13-11-18)28(26,35)24-21(36-27)15-20(30)16-31-24/h5-13,15-16,22-23,34-35H,1-3H3. The smallest absolute Gasteiger partial charge is 0.230 e. The first-order valence-electron chi connectivity index (χ1n) is 11.4. The zero-order valence-electron chi connectivity index (χ0n) is 19.9. The highest BCUT2D eigenvalue weighted by molar-refractivity contribution is 9.10. The van der Waals surface area contributed by atoms with Crippen LogP contribution in [0.15, 0.2) is 71.3 Å². The molecule has 2 aromatic carbocycles. The maximum absolute atomic E-state index is 13.9. The molecule has 2 N–H and O–H groups in total. The molecule has 6 nitrogen and oxygen atoms in total. The molecule has 3 aromatic rings. The van der Waals surface area contributed by atoms with E-state index in [-0.39, 0.29) is 11.4 Å². The first kappa shape index (κ1) is 24.8. The van der Waals surface area contributed by atoms with Crippen LogP contribution in [-0.2, 0) is 16.0 Å². The molecule has 5 rings (SSSR count). The molecule has 1 aromatic heterocycles. The SMILES string of the molecule is CC#CC1(O)C(C(=O)N(C)C)C(c2ccccc2)C2(c3ccc(Br)cc3)Oc3cc(Cl)cnc3C12O. The Morgan fingerprint density at radius 3 is 2.42 bits per heavy atom. The molecule has 2 heterocycles. The number of fused-ring (bicyclic) bond motifs is 3. The number of pyridine rings is 1. The number of amides is 1. The maximum Gasteiger partial charge on any atom is 0.230 e. The third kappa shape index (κ3) is 3.12. The topological polar surface area (TPSA) is 82.9 Å². The fourth-order valence-corrected chi connectivity index (χ4v) is 6.25. The molecular formula is C28H24BrClN2O4. The fourth-order valence-electron chi connectivity index (χ4n) is 5.84. The van der Waals surface area contributed by atoms with Crippen molar-refractivity contribution in [2.75, 3.05) is 14.1 Å². The summed E-state index contributed by atoms with van der Waals surface area (Å²) in [6.07, 6.45) is 1.39. The summed E-state index contributed by atoms with van der Waals surface area (Å²) < 4.78 is 7.51. The summed E-state index contributed by atoms with van der Waals surface area (Å²) in [6.45, 7) is 1.56. The fraction of sp³-hybridized carbons (Fsp3) is 0.286. The van der Waals surface area contributed by atoms with Crippen LogP contribution < -0.4 is 4.74 Å². The minimum Gasteiger partial charge on any atom is -0.476 e. The lowest BCUT2D eigenvalue weighted by molar-refractivity contribution is -0.183. The Morgan fingerprint density at radius 2 is 1.81 bits per heavy atom. The van der Waals surface area contributed by atoms with Crippen molar-refractivity contribution in [3.05, 3.63) is 93.2 Å². The molecule has 0 saturated heterocycles.